The van der Waals surface area contributed by atoms with Gasteiger partial charge in [-0.15, -0.1) is 0 Å². The Hall–Kier alpha value is -2.95. The smallest absolute Gasteiger partial charge is 0.227 e. The van der Waals surface area contributed by atoms with E-state index in [0.717, 1.165) is 29.3 Å². The molecule has 1 aromatic carbocycles. The highest BCUT2D eigenvalue weighted by Crippen LogP contribution is 2.33. The van der Waals surface area contributed by atoms with E-state index in [9.17, 15) is 4.79 Å². The molecule has 5 nitrogen and oxygen atoms in total. The molecule has 4 rings (SSSR count). The Balaban J connectivity index is 1.63. The lowest BCUT2D eigenvalue weighted by atomic mass is 9.84. The van der Waals surface area contributed by atoms with Gasteiger partial charge in [-0.25, -0.2) is 9.97 Å². The van der Waals surface area contributed by atoms with Crippen molar-refractivity contribution < 1.29 is 9.21 Å². The highest BCUT2D eigenvalue weighted by atomic mass is 16.3. The van der Waals surface area contributed by atoms with E-state index < -0.39 is 0 Å². The average Bonchev–Trinajstić information content (AvgIpc) is 3.16. The minimum Gasteiger partial charge on any atom is -0.469 e. The van der Waals surface area contributed by atoms with Crippen LogP contribution in [0.1, 0.15) is 52.3 Å². The predicted molar refractivity (Wildman–Crippen MR) is 100.0 cm³/mol. The van der Waals surface area contributed by atoms with Crippen molar-refractivity contribution in [3.8, 4) is 0 Å². The first-order valence-corrected chi connectivity index (χ1v) is 8.94. The van der Waals surface area contributed by atoms with Crippen LogP contribution in [0.25, 0.3) is 0 Å². The van der Waals surface area contributed by atoms with E-state index in [1.54, 1.807) is 6.26 Å². The van der Waals surface area contributed by atoms with E-state index in [1.807, 2.05) is 31.2 Å². The van der Waals surface area contributed by atoms with E-state index in [-0.39, 0.29) is 11.7 Å². The zero-order valence-corrected chi connectivity index (χ0v) is 15.0. The van der Waals surface area contributed by atoms with E-state index in [2.05, 4.69) is 34.3 Å². The zero-order chi connectivity index (χ0) is 18.1. The fourth-order valence-corrected chi connectivity index (χ4v) is 3.51. The number of Topliss-reactive ketones (excluding diaryl/α,β-unsaturated/α-hetero) is 1. The first-order valence-electron chi connectivity index (χ1n) is 8.94. The Bertz CT molecular complexity index is 931. The third-order valence-electron chi connectivity index (χ3n) is 4.88. The summed E-state index contributed by atoms with van der Waals surface area (Å²) >= 11 is 0. The summed E-state index contributed by atoms with van der Waals surface area (Å²) in [6.07, 6.45) is 3.77. The molecular formula is C21H21N3O2. The third-order valence-corrected chi connectivity index (χ3v) is 4.88. The highest BCUT2D eigenvalue weighted by Gasteiger charge is 2.31. The van der Waals surface area contributed by atoms with Crippen LogP contribution in [-0.4, -0.2) is 15.8 Å². The molecule has 0 saturated heterocycles. The number of hydrogen-bond donors (Lipinski definition) is 1. The molecule has 2 aromatic heterocycles. The van der Waals surface area contributed by atoms with Crippen LogP contribution in [0.4, 0.5) is 11.6 Å². The average molecular weight is 347 g/mol. The highest BCUT2D eigenvalue weighted by molar-refractivity contribution is 5.99. The molecule has 2 heterocycles. The SMILES string of the molecule is CCc1ccc(Nc2nc(C)c3c(n2)CC(c2ccco2)CC3=O)cc1. The fraction of sp³-hybridized carbons (Fsp3) is 0.286. The Kier molecular flexibility index (Phi) is 4.29. The summed E-state index contributed by atoms with van der Waals surface area (Å²) < 4.78 is 5.50. The first kappa shape index (κ1) is 16.5. The summed E-state index contributed by atoms with van der Waals surface area (Å²) in [7, 11) is 0. The van der Waals surface area contributed by atoms with Gasteiger partial charge in [0.15, 0.2) is 5.78 Å². The molecule has 1 atom stereocenters. The standard InChI is InChI=1S/C21H21N3O2/c1-3-14-6-8-16(9-7-14)23-21-22-13(2)20-17(24-21)11-15(12-18(20)25)19-5-4-10-26-19/h4-10,15H,3,11-12H2,1-2H3,(H,22,23,24). The number of benzene rings is 1. The number of carbonyl (C=O) groups excluding carboxylic acids is 1. The lowest BCUT2D eigenvalue weighted by Gasteiger charge is -2.23. The Labute approximate surface area is 152 Å². The van der Waals surface area contributed by atoms with Gasteiger partial charge in [-0.1, -0.05) is 19.1 Å². The van der Waals surface area contributed by atoms with Gasteiger partial charge in [0, 0.05) is 24.4 Å². The first-order chi connectivity index (χ1) is 12.6. The molecule has 1 aliphatic carbocycles. The molecule has 0 aliphatic heterocycles. The predicted octanol–water partition coefficient (Wildman–Crippen LogP) is 4.60. The van der Waals surface area contributed by atoms with Crippen molar-refractivity contribution >= 4 is 17.4 Å². The van der Waals surface area contributed by atoms with Crippen molar-refractivity contribution in [2.24, 2.45) is 0 Å². The summed E-state index contributed by atoms with van der Waals surface area (Å²) in [5.74, 6) is 1.49. The Morgan fingerprint density at radius 2 is 1.96 bits per heavy atom. The Morgan fingerprint density at radius 3 is 2.65 bits per heavy atom. The van der Waals surface area contributed by atoms with Gasteiger partial charge in [-0.2, -0.15) is 0 Å². The summed E-state index contributed by atoms with van der Waals surface area (Å²) in [4.78, 5) is 21.7. The molecule has 1 aliphatic rings. The number of carbonyl (C=O) groups is 1. The molecule has 0 radical (unpaired) electrons. The number of ketones is 1. The summed E-state index contributed by atoms with van der Waals surface area (Å²) in [6.45, 7) is 4.00. The van der Waals surface area contributed by atoms with E-state index in [0.29, 0.717) is 24.4 Å². The number of nitrogens with one attached hydrogen (secondary N) is 1. The Morgan fingerprint density at radius 1 is 1.15 bits per heavy atom. The lowest BCUT2D eigenvalue weighted by molar-refractivity contribution is 0.0958. The van der Waals surface area contributed by atoms with E-state index >= 15 is 0 Å². The molecule has 0 bridgehead atoms. The number of furan rings is 1. The number of aromatic nitrogens is 2. The molecule has 3 aromatic rings. The number of anilines is 2. The van der Waals surface area contributed by atoms with Crippen molar-refractivity contribution in [3.63, 3.8) is 0 Å². The van der Waals surface area contributed by atoms with Crippen LogP contribution < -0.4 is 5.32 Å². The zero-order valence-electron chi connectivity index (χ0n) is 15.0. The second-order valence-electron chi connectivity index (χ2n) is 6.67. The lowest BCUT2D eigenvalue weighted by Crippen LogP contribution is -2.22. The van der Waals surface area contributed by atoms with Gasteiger partial charge >= 0.3 is 0 Å². The van der Waals surface area contributed by atoms with Gasteiger partial charge in [0.25, 0.3) is 0 Å². The maximum atomic E-state index is 12.6. The second-order valence-corrected chi connectivity index (χ2v) is 6.67. The van der Waals surface area contributed by atoms with Gasteiger partial charge in [0.05, 0.1) is 23.2 Å². The van der Waals surface area contributed by atoms with Crippen molar-refractivity contribution in [1.82, 2.24) is 9.97 Å². The van der Waals surface area contributed by atoms with Crippen molar-refractivity contribution in [2.45, 2.75) is 39.0 Å². The summed E-state index contributed by atoms with van der Waals surface area (Å²) in [5.41, 5.74) is 4.41. The van der Waals surface area contributed by atoms with Crippen LogP contribution in [0.3, 0.4) is 0 Å². The molecule has 26 heavy (non-hydrogen) atoms. The molecule has 1 N–H and O–H groups in total. The van der Waals surface area contributed by atoms with Gasteiger partial charge in [-0.3, -0.25) is 4.79 Å². The minimum atomic E-state index is 0.0380. The number of nitrogens with zero attached hydrogens (tertiary/aromatic N) is 2. The number of rotatable bonds is 4. The van der Waals surface area contributed by atoms with E-state index in [1.165, 1.54) is 5.56 Å². The van der Waals surface area contributed by atoms with Crippen LogP contribution >= 0.6 is 0 Å². The fourth-order valence-electron chi connectivity index (χ4n) is 3.51. The van der Waals surface area contributed by atoms with Crippen LogP contribution in [0.2, 0.25) is 0 Å². The number of aryl methyl sites for hydroxylation is 2. The summed E-state index contributed by atoms with van der Waals surface area (Å²) in [6, 6.07) is 12.0. The molecule has 5 heteroatoms. The molecule has 0 amide bonds. The van der Waals surface area contributed by atoms with Gasteiger partial charge < -0.3 is 9.73 Å². The van der Waals surface area contributed by atoms with E-state index in [4.69, 9.17) is 4.42 Å². The number of hydrogen-bond acceptors (Lipinski definition) is 5. The molecule has 0 saturated carbocycles. The normalized spacial score (nSPS) is 16.4. The monoisotopic (exact) mass is 347 g/mol. The van der Waals surface area contributed by atoms with Crippen molar-refractivity contribution in [1.29, 1.82) is 0 Å². The van der Waals surface area contributed by atoms with Crippen molar-refractivity contribution in [2.75, 3.05) is 5.32 Å². The van der Waals surface area contributed by atoms with Crippen LogP contribution in [0.15, 0.2) is 47.1 Å². The topological polar surface area (TPSA) is 68.0 Å². The van der Waals surface area contributed by atoms with Crippen LogP contribution in [0.5, 0.6) is 0 Å². The molecular weight excluding hydrogens is 326 g/mol. The molecule has 1 unspecified atom stereocenters. The van der Waals surface area contributed by atoms with Gasteiger partial charge in [-0.05, 0) is 43.2 Å². The van der Waals surface area contributed by atoms with Gasteiger partial charge in [0.2, 0.25) is 5.95 Å². The maximum absolute atomic E-state index is 12.6. The van der Waals surface area contributed by atoms with Crippen molar-refractivity contribution in [3.05, 3.63) is 70.9 Å². The summed E-state index contributed by atoms with van der Waals surface area (Å²) in [5, 5.41) is 3.25. The number of fused-ring (bicyclic) bond motifs is 1. The van der Waals surface area contributed by atoms with Crippen LogP contribution in [0, 0.1) is 6.92 Å². The molecule has 0 spiro atoms. The minimum absolute atomic E-state index is 0.0380. The van der Waals surface area contributed by atoms with Crippen LogP contribution in [-0.2, 0) is 12.8 Å². The molecule has 132 valence electrons. The van der Waals surface area contributed by atoms with Gasteiger partial charge in [0.1, 0.15) is 5.76 Å². The third kappa shape index (κ3) is 3.12. The molecule has 0 fully saturated rings. The quantitative estimate of drug-likeness (QED) is 0.747. The maximum Gasteiger partial charge on any atom is 0.227 e. The second kappa shape index (κ2) is 6.75. The largest absolute Gasteiger partial charge is 0.469 e.